The molecule has 2 aliphatic heterocycles. The van der Waals surface area contributed by atoms with Gasteiger partial charge in [0.2, 0.25) is 0 Å². The van der Waals surface area contributed by atoms with E-state index in [-0.39, 0.29) is 38.7 Å². The largest absolute Gasteiger partial charge is 0.461 e. The number of nitrogens with one attached hydrogen (secondary N) is 1. The van der Waals surface area contributed by atoms with Crippen molar-refractivity contribution in [1.29, 1.82) is 0 Å². The number of nitrogens with zero attached hydrogens (tertiary/aromatic N) is 6. The lowest BCUT2D eigenvalue weighted by Gasteiger charge is -2.28. The van der Waals surface area contributed by atoms with Gasteiger partial charge in [-0.1, -0.05) is 5.10 Å². The van der Waals surface area contributed by atoms with Crippen LogP contribution in [-0.2, 0) is 30.9 Å². The highest BCUT2D eigenvalue weighted by Gasteiger charge is 2.49. The van der Waals surface area contributed by atoms with Gasteiger partial charge in [-0.15, -0.1) is 4.28 Å². The van der Waals surface area contributed by atoms with Gasteiger partial charge in [-0.2, -0.15) is 18.2 Å². The van der Waals surface area contributed by atoms with Crippen molar-refractivity contribution in [3.8, 4) is 6.01 Å². The summed E-state index contributed by atoms with van der Waals surface area (Å²) < 4.78 is 41.4. The number of hydrogen-bond donors (Lipinski definition) is 3. The molecule has 2 atom stereocenters. The van der Waals surface area contributed by atoms with Crippen molar-refractivity contribution in [2.45, 2.75) is 31.5 Å². The molecule has 3 amide bonds. The number of carbonyl (C=O) groups is 2. The molecule has 0 aliphatic carbocycles. The zero-order valence-corrected chi connectivity index (χ0v) is 15.9. The number of ether oxygens (including phenoxy) is 1. The lowest BCUT2D eigenvalue weighted by atomic mass is 10.0. The fourth-order valence-corrected chi connectivity index (χ4v) is 3.41. The van der Waals surface area contributed by atoms with E-state index in [9.17, 15) is 18.0 Å². The van der Waals surface area contributed by atoms with Crippen LogP contribution >= 0.6 is 0 Å². The molecule has 2 aliphatic rings. The Morgan fingerprint density at radius 2 is 2.14 bits per heavy atom. The first-order valence-corrected chi connectivity index (χ1v) is 9.94. The van der Waals surface area contributed by atoms with Crippen LogP contribution in [0.5, 0.6) is 6.01 Å². The molecule has 2 bridgehead atoms. The molecule has 16 nitrogen and oxygen atoms in total. The molecule has 0 aromatic carbocycles. The normalized spacial score (nSPS) is 21.5. The van der Waals surface area contributed by atoms with Crippen molar-refractivity contribution in [1.82, 2.24) is 35.7 Å². The Balaban J connectivity index is 1.47. The van der Waals surface area contributed by atoms with Crippen LogP contribution in [0, 0.1) is 0 Å². The Bertz CT molecular complexity index is 847. The maximum absolute atomic E-state index is 12.4. The van der Waals surface area contributed by atoms with Gasteiger partial charge in [-0.05, 0) is 23.3 Å². The highest BCUT2D eigenvalue weighted by Crippen LogP contribution is 2.30. The van der Waals surface area contributed by atoms with Gasteiger partial charge in [0.1, 0.15) is 12.6 Å². The van der Waals surface area contributed by atoms with Crippen molar-refractivity contribution in [2.24, 2.45) is 5.73 Å². The Morgan fingerprint density at radius 3 is 2.86 bits per heavy atom. The lowest BCUT2D eigenvalue weighted by Crippen LogP contribution is -2.49. The first-order chi connectivity index (χ1) is 13.8. The van der Waals surface area contributed by atoms with Gasteiger partial charge in [0.15, 0.2) is 0 Å². The van der Waals surface area contributed by atoms with E-state index < -0.39 is 34.4 Å². The summed E-state index contributed by atoms with van der Waals surface area (Å²) in [5.41, 5.74) is 7.58. The molecule has 2 unspecified atom stereocenters. The lowest BCUT2D eigenvalue weighted by molar-refractivity contribution is -0.139. The zero-order chi connectivity index (χ0) is 21.0. The second-order valence-corrected chi connectivity index (χ2v) is 7.15. The number of hydrogen-bond acceptors (Lipinski definition) is 11. The van der Waals surface area contributed by atoms with Gasteiger partial charge in [-0.3, -0.25) is 14.2 Å². The Morgan fingerprint density at radius 1 is 1.34 bits per heavy atom. The number of aromatic nitrogens is 4. The molecule has 17 heteroatoms. The predicted octanol–water partition coefficient (Wildman–Crippen LogP) is -2.94. The predicted molar refractivity (Wildman–Crippen MR) is 89.8 cm³/mol. The van der Waals surface area contributed by atoms with Crippen LogP contribution in [0.1, 0.15) is 12.8 Å². The van der Waals surface area contributed by atoms with Crippen molar-refractivity contribution >= 4 is 22.3 Å². The van der Waals surface area contributed by atoms with Crippen molar-refractivity contribution in [2.75, 3.05) is 26.3 Å². The molecule has 3 heterocycles. The molecule has 0 spiro atoms. The van der Waals surface area contributed by atoms with Gasteiger partial charge in [-0.25, -0.2) is 10.3 Å². The second-order valence-electron chi connectivity index (χ2n) is 6.15. The average Bonchev–Trinajstić information content (AvgIpc) is 3.21. The first kappa shape index (κ1) is 21.1. The van der Waals surface area contributed by atoms with Crippen LogP contribution in [-0.4, -0.2) is 93.5 Å². The van der Waals surface area contributed by atoms with E-state index in [0.29, 0.717) is 18.0 Å². The maximum Gasteiger partial charge on any atom is 0.418 e. The van der Waals surface area contributed by atoms with E-state index in [2.05, 4.69) is 25.3 Å². The third-order valence-electron chi connectivity index (χ3n) is 4.23. The second kappa shape index (κ2) is 8.82. The molecule has 162 valence electrons. The van der Waals surface area contributed by atoms with Crippen molar-refractivity contribution in [3.63, 3.8) is 0 Å². The highest BCUT2D eigenvalue weighted by atomic mass is 32.3. The van der Waals surface area contributed by atoms with E-state index >= 15 is 0 Å². The minimum Gasteiger partial charge on any atom is -0.461 e. The summed E-state index contributed by atoms with van der Waals surface area (Å²) in [5, 5.41) is 11.4. The summed E-state index contributed by atoms with van der Waals surface area (Å²) in [5.74, 6) is -0.582. The third kappa shape index (κ3) is 5.07. The van der Waals surface area contributed by atoms with E-state index in [0.717, 1.165) is 4.90 Å². The van der Waals surface area contributed by atoms with E-state index in [4.69, 9.17) is 19.9 Å². The quantitative estimate of drug-likeness (QED) is 0.191. The summed E-state index contributed by atoms with van der Waals surface area (Å²) in [6, 6.07) is -2.13. The topological polar surface area (TPSA) is 204 Å². The number of piperidine rings is 1. The minimum absolute atomic E-state index is 0.0110. The molecule has 3 rings (SSSR count). The zero-order valence-electron chi connectivity index (χ0n) is 15.1. The van der Waals surface area contributed by atoms with Crippen LogP contribution in [0.4, 0.5) is 4.79 Å². The van der Waals surface area contributed by atoms with Crippen LogP contribution < -0.4 is 16.0 Å². The summed E-state index contributed by atoms with van der Waals surface area (Å²) in [7, 11) is -4.85. The fourth-order valence-electron chi connectivity index (χ4n) is 3.02. The molecular formula is C12H20N8O8S. The standard InChI is InChI=1S/C12H20N8O8S/c13-3-5-26-11-14-16-17-19(11)4-6-27-15-10(21)9-2-1-8-7-18(9)12(22)20(8)28-29(23,24)25/h8-9H,1-7,13H2,(H,15,21)(H,23,24,25). The molecule has 0 saturated carbocycles. The van der Waals surface area contributed by atoms with Crippen LogP contribution in [0.25, 0.3) is 0 Å². The third-order valence-corrected chi connectivity index (χ3v) is 4.57. The van der Waals surface area contributed by atoms with Crippen molar-refractivity contribution in [3.05, 3.63) is 0 Å². The molecular weight excluding hydrogens is 416 g/mol. The van der Waals surface area contributed by atoms with Gasteiger partial charge >= 0.3 is 22.4 Å². The smallest absolute Gasteiger partial charge is 0.418 e. The van der Waals surface area contributed by atoms with Crippen molar-refractivity contribution < 1.29 is 36.4 Å². The number of nitrogens with two attached hydrogens (primary N) is 1. The number of tetrazole rings is 1. The summed E-state index contributed by atoms with van der Waals surface area (Å²) in [4.78, 5) is 30.9. The van der Waals surface area contributed by atoms with Crippen LogP contribution in [0.15, 0.2) is 0 Å². The van der Waals surface area contributed by atoms with E-state index in [1.165, 1.54) is 4.68 Å². The number of carbonyl (C=O) groups excluding carboxylic acids is 2. The summed E-state index contributed by atoms with van der Waals surface area (Å²) in [6.07, 6.45) is 0.573. The maximum atomic E-state index is 12.4. The molecule has 2 fully saturated rings. The SMILES string of the molecule is NCCOc1nnnn1CCONC(=O)C1CCC2CN1C(=O)N2OS(=O)(=O)O. The number of fused-ring (bicyclic) bond motifs is 2. The Labute approximate surface area is 164 Å². The Hall–Kier alpha value is -2.60. The minimum atomic E-state index is -4.85. The summed E-state index contributed by atoms with van der Waals surface area (Å²) >= 11 is 0. The number of amides is 3. The molecule has 0 radical (unpaired) electrons. The van der Waals surface area contributed by atoms with Crippen LogP contribution in [0.3, 0.4) is 0 Å². The fraction of sp³-hybridized carbons (Fsp3) is 0.750. The Kier molecular flexibility index (Phi) is 6.42. The number of rotatable bonds is 10. The molecule has 1 aromatic heterocycles. The molecule has 1 aromatic rings. The van der Waals surface area contributed by atoms with Gasteiger partial charge in [0, 0.05) is 13.1 Å². The van der Waals surface area contributed by atoms with Gasteiger partial charge in [0.05, 0.1) is 19.2 Å². The molecule has 29 heavy (non-hydrogen) atoms. The first-order valence-electron chi connectivity index (χ1n) is 8.57. The van der Waals surface area contributed by atoms with Gasteiger partial charge < -0.3 is 15.4 Å². The highest BCUT2D eigenvalue weighted by molar-refractivity contribution is 7.80. The monoisotopic (exact) mass is 436 g/mol. The summed E-state index contributed by atoms with van der Waals surface area (Å²) in [6.45, 7) is 0.806. The number of urea groups is 1. The molecule has 2 saturated heterocycles. The average molecular weight is 436 g/mol. The van der Waals surface area contributed by atoms with E-state index in [1.54, 1.807) is 0 Å². The van der Waals surface area contributed by atoms with Crippen LogP contribution in [0.2, 0.25) is 0 Å². The van der Waals surface area contributed by atoms with E-state index in [1.807, 2.05) is 0 Å². The van der Waals surface area contributed by atoms with Gasteiger partial charge in [0.25, 0.3) is 5.91 Å². The molecule has 4 N–H and O–H groups in total. The number of hydroxylamine groups is 3.